The number of ether oxygens (including phenoxy) is 1. The molecule has 2 aromatic rings. The third kappa shape index (κ3) is 6.73. The van der Waals surface area contributed by atoms with Crippen LogP contribution in [-0.4, -0.2) is 84.1 Å². The molecule has 0 saturated carbocycles. The fourth-order valence-corrected chi connectivity index (χ4v) is 4.81. The highest BCUT2D eigenvalue weighted by Gasteiger charge is 2.28. The number of H-pyrrole nitrogens is 1. The van der Waals surface area contributed by atoms with E-state index in [0.29, 0.717) is 50.0 Å². The highest BCUT2D eigenvalue weighted by Crippen LogP contribution is 2.22. The van der Waals surface area contributed by atoms with Crippen molar-refractivity contribution in [2.45, 2.75) is 46.1 Å². The summed E-state index contributed by atoms with van der Waals surface area (Å²) in [6.45, 7) is 12.2. The standard InChI is InChI=1S/C22H35N7O4S/c1-16(26-19-14-25-27-20(30)17(19)2)15-33-10-11-34(31,32)29-8-6-28(7-9-29)21-23-12-18(13-24-21)22(3,4)5/h12-14,16H,6-11,15H2,1-5H3,(H2,26,27,30)/t16-/m0/s1. The van der Waals surface area contributed by atoms with Crippen molar-refractivity contribution in [3.8, 4) is 0 Å². The van der Waals surface area contributed by atoms with Crippen LogP contribution in [0, 0.1) is 6.92 Å². The maximum atomic E-state index is 12.7. The number of sulfonamides is 1. The maximum absolute atomic E-state index is 12.7. The molecule has 0 unspecified atom stereocenters. The Hall–Kier alpha value is -2.57. The number of aromatic amines is 1. The van der Waals surface area contributed by atoms with E-state index >= 15 is 0 Å². The monoisotopic (exact) mass is 493 g/mol. The molecule has 0 bridgehead atoms. The van der Waals surface area contributed by atoms with E-state index in [1.165, 1.54) is 4.31 Å². The Morgan fingerprint density at radius 1 is 1.15 bits per heavy atom. The van der Waals surface area contributed by atoms with E-state index in [4.69, 9.17) is 4.74 Å². The zero-order valence-electron chi connectivity index (χ0n) is 20.5. The van der Waals surface area contributed by atoms with Gasteiger partial charge in [0.05, 0.1) is 30.9 Å². The van der Waals surface area contributed by atoms with Crippen molar-refractivity contribution >= 4 is 21.7 Å². The number of hydrogen-bond acceptors (Lipinski definition) is 9. The molecule has 0 aliphatic carbocycles. The minimum absolute atomic E-state index is 0.0158. The Kier molecular flexibility index (Phi) is 8.26. The third-order valence-electron chi connectivity index (χ3n) is 5.78. The van der Waals surface area contributed by atoms with Crippen LogP contribution in [0.4, 0.5) is 11.6 Å². The lowest BCUT2D eigenvalue weighted by atomic mass is 9.89. The number of nitrogens with zero attached hydrogens (tertiary/aromatic N) is 5. The molecule has 0 spiro atoms. The first-order valence-electron chi connectivity index (χ1n) is 11.4. The highest BCUT2D eigenvalue weighted by molar-refractivity contribution is 7.89. The number of rotatable bonds is 9. The summed E-state index contributed by atoms with van der Waals surface area (Å²) >= 11 is 0. The molecule has 1 aliphatic rings. The molecule has 11 nitrogen and oxygen atoms in total. The fourth-order valence-electron chi connectivity index (χ4n) is 3.50. The fraction of sp³-hybridized carbons (Fsp3) is 0.636. The smallest absolute Gasteiger partial charge is 0.269 e. The summed E-state index contributed by atoms with van der Waals surface area (Å²) < 4.78 is 32.6. The molecule has 2 N–H and O–H groups in total. The van der Waals surface area contributed by atoms with Crippen molar-refractivity contribution in [3.05, 3.63) is 40.1 Å². The molecule has 0 radical (unpaired) electrons. The predicted octanol–water partition coefficient (Wildman–Crippen LogP) is 1.13. The van der Waals surface area contributed by atoms with Crippen LogP contribution in [0.15, 0.2) is 23.4 Å². The summed E-state index contributed by atoms with van der Waals surface area (Å²) in [5.74, 6) is 0.544. The van der Waals surface area contributed by atoms with Crippen LogP contribution in [0.25, 0.3) is 0 Å². The van der Waals surface area contributed by atoms with Crippen LogP contribution in [-0.2, 0) is 20.2 Å². The lowest BCUT2D eigenvalue weighted by Gasteiger charge is -2.34. The Morgan fingerprint density at radius 2 is 1.79 bits per heavy atom. The van der Waals surface area contributed by atoms with Gasteiger partial charge in [-0.25, -0.2) is 23.5 Å². The molecule has 188 valence electrons. The molecule has 3 rings (SSSR count). The zero-order chi connectivity index (χ0) is 24.9. The van der Waals surface area contributed by atoms with Gasteiger partial charge in [-0.1, -0.05) is 20.8 Å². The second-order valence-electron chi connectivity index (χ2n) is 9.58. The Morgan fingerprint density at radius 3 is 2.41 bits per heavy atom. The SMILES string of the molecule is Cc1c(N[C@@H](C)COCCS(=O)(=O)N2CCN(c3ncc(C(C)(C)C)cn3)CC2)cn[nH]c1=O. The summed E-state index contributed by atoms with van der Waals surface area (Å²) in [7, 11) is -3.42. The highest BCUT2D eigenvalue weighted by atomic mass is 32.2. The van der Waals surface area contributed by atoms with Crippen molar-refractivity contribution in [1.82, 2.24) is 24.5 Å². The molecular formula is C22H35N7O4S. The second-order valence-corrected chi connectivity index (χ2v) is 11.7. The van der Waals surface area contributed by atoms with Crippen LogP contribution in [0.1, 0.15) is 38.8 Å². The van der Waals surface area contributed by atoms with E-state index in [9.17, 15) is 13.2 Å². The lowest BCUT2D eigenvalue weighted by Crippen LogP contribution is -2.50. The Balaban J connectivity index is 1.42. The minimum Gasteiger partial charge on any atom is -0.379 e. The van der Waals surface area contributed by atoms with Gasteiger partial charge in [-0.15, -0.1) is 0 Å². The molecule has 1 atom stereocenters. The van der Waals surface area contributed by atoms with E-state index in [0.717, 1.165) is 5.56 Å². The topological polar surface area (TPSA) is 133 Å². The largest absolute Gasteiger partial charge is 0.379 e. The molecule has 0 amide bonds. The van der Waals surface area contributed by atoms with Gasteiger partial charge in [0.2, 0.25) is 16.0 Å². The summed E-state index contributed by atoms with van der Waals surface area (Å²) in [6.07, 6.45) is 5.22. The number of nitrogens with one attached hydrogen (secondary N) is 2. The molecular weight excluding hydrogens is 458 g/mol. The number of aromatic nitrogens is 4. The molecule has 12 heteroatoms. The summed E-state index contributed by atoms with van der Waals surface area (Å²) in [5, 5.41) is 9.31. The second kappa shape index (κ2) is 10.8. The molecule has 1 saturated heterocycles. The van der Waals surface area contributed by atoms with Gasteiger partial charge in [0.1, 0.15) is 0 Å². The lowest BCUT2D eigenvalue weighted by molar-refractivity contribution is 0.141. The number of piperazine rings is 1. The molecule has 3 heterocycles. The summed E-state index contributed by atoms with van der Waals surface area (Å²) in [4.78, 5) is 22.6. The number of hydrogen-bond donors (Lipinski definition) is 2. The van der Waals surface area contributed by atoms with Crippen LogP contribution in [0.5, 0.6) is 0 Å². The minimum atomic E-state index is -3.42. The average molecular weight is 494 g/mol. The molecule has 34 heavy (non-hydrogen) atoms. The Bertz CT molecular complexity index is 1110. The summed E-state index contributed by atoms with van der Waals surface area (Å²) in [6, 6.07) is -0.113. The van der Waals surface area contributed by atoms with E-state index < -0.39 is 10.0 Å². The van der Waals surface area contributed by atoms with Crippen LogP contribution < -0.4 is 15.8 Å². The van der Waals surface area contributed by atoms with E-state index in [1.54, 1.807) is 13.1 Å². The van der Waals surface area contributed by atoms with Crippen molar-refractivity contribution in [1.29, 1.82) is 0 Å². The van der Waals surface area contributed by atoms with E-state index in [-0.39, 0.29) is 29.4 Å². The van der Waals surface area contributed by atoms with Crippen LogP contribution in [0.2, 0.25) is 0 Å². The number of anilines is 2. The Labute approximate surface area is 201 Å². The van der Waals surface area contributed by atoms with Crippen molar-refractivity contribution in [3.63, 3.8) is 0 Å². The quantitative estimate of drug-likeness (QED) is 0.493. The van der Waals surface area contributed by atoms with Gasteiger partial charge in [-0.05, 0) is 24.8 Å². The predicted molar refractivity (Wildman–Crippen MR) is 132 cm³/mol. The van der Waals surface area contributed by atoms with Gasteiger partial charge in [-0.2, -0.15) is 9.40 Å². The van der Waals surface area contributed by atoms with Crippen LogP contribution >= 0.6 is 0 Å². The molecule has 1 aliphatic heterocycles. The van der Waals surface area contributed by atoms with Gasteiger partial charge < -0.3 is 15.0 Å². The van der Waals surface area contributed by atoms with Gasteiger partial charge in [0, 0.05) is 50.2 Å². The van der Waals surface area contributed by atoms with Crippen molar-refractivity contribution in [2.75, 3.05) is 55.4 Å². The maximum Gasteiger partial charge on any atom is 0.269 e. The van der Waals surface area contributed by atoms with Gasteiger partial charge >= 0.3 is 0 Å². The normalized spacial score (nSPS) is 16.4. The van der Waals surface area contributed by atoms with Gasteiger partial charge in [0.15, 0.2) is 0 Å². The molecule has 1 fully saturated rings. The first-order valence-corrected chi connectivity index (χ1v) is 13.0. The van der Waals surface area contributed by atoms with E-state index in [2.05, 4.69) is 46.3 Å². The summed E-state index contributed by atoms with van der Waals surface area (Å²) in [5.41, 5.74) is 1.96. The first kappa shape index (κ1) is 26.0. The van der Waals surface area contributed by atoms with Crippen molar-refractivity contribution in [2.24, 2.45) is 0 Å². The van der Waals surface area contributed by atoms with Gasteiger partial charge in [0.25, 0.3) is 5.56 Å². The first-order chi connectivity index (χ1) is 16.0. The molecule has 0 aromatic carbocycles. The van der Waals surface area contributed by atoms with Gasteiger partial charge in [-0.3, -0.25) is 4.79 Å². The zero-order valence-corrected chi connectivity index (χ0v) is 21.4. The molecule has 2 aromatic heterocycles. The van der Waals surface area contributed by atoms with Crippen molar-refractivity contribution < 1.29 is 13.2 Å². The van der Waals surface area contributed by atoms with E-state index in [1.807, 2.05) is 24.2 Å². The third-order valence-corrected chi connectivity index (χ3v) is 7.61. The van der Waals surface area contributed by atoms with Crippen LogP contribution in [0.3, 0.4) is 0 Å². The average Bonchev–Trinajstić information content (AvgIpc) is 2.79.